The van der Waals surface area contributed by atoms with Crippen LogP contribution in [0, 0.1) is 5.41 Å². The fraction of sp³-hybridized carbons (Fsp3) is 0.847. The number of carbonyl (C=O) groups excluding carboxylic acids is 3. The van der Waals surface area contributed by atoms with Crippen molar-refractivity contribution in [2.24, 2.45) is 5.41 Å². The Kier molecular flexibility index (Phi) is 57.1. The first-order valence-corrected chi connectivity index (χ1v) is 29.2. The van der Waals surface area contributed by atoms with Crippen molar-refractivity contribution < 1.29 is 48.8 Å². The standard InChI is InChI=1S/C59H108O7.BH3O3/c1-4-7-10-13-16-19-22-25-28-31-34-37-40-43-46-49-56(61)64-53-59(52-60,54-65-57(62)50-47-44-41-38-35-32-29-26-23-20-17-14-11-8-5-2)55-66-58(63)51-48-45-42-39-36-33-30-27-24-21-18-15-12-9-6-3;2-1(3)4/h25-30,60H,4-24,31-55H2,1-3H3;2-4H/b28-25-,29-26+,30-27+;. The molecule has 0 saturated carbocycles. The number of hydrogen-bond acceptors (Lipinski definition) is 10. The first kappa shape index (κ1) is 69.6. The molecule has 0 aromatic rings. The van der Waals surface area contributed by atoms with Crippen LogP contribution in [0.25, 0.3) is 0 Å². The first-order valence-electron chi connectivity index (χ1n) is 29.2. The van der Waals surface area contributed by atoms with E-state index in [9.17, 15) is 19.5 Å². The second-order valence-electron chi connectivity index (χ2n) is 20.0. The van der Waals surface area contributed by atoms with E-state index in [1.165, 1.54) is 154 Å². The molecule has 0 rings (SSSR count). The minimum atomic E-state index is -2.17. The SMILES string of the molecule is CCCCCCCC/C=C\CCCCCCCC(=O)OCC(CO)(COC(=O)CCCCCCC/C=C/CCCCCCCC)COC(=O)CCCCCCC/C=C/CCCCCCCC.OB(O)O. The molecule has 0 aliphatic heterocycles. The molecule has 0 atom stereocenters. The molecule has 11 heteroatoms. The molecule has 10 nitrogen and oxygen atoms in total. The van der Waals surface area contributed by atoms with Crippen LogP contribution in [0.2, 0.25) is 0 Å². The van der Waals surface area contributed by atoms with Gasteiger partial charge in [0.1, 0.15) is 19.8 Å². The second kappa shape index (κ2) is 57.4. The molecule has 70 heavy (non-hydrogen) atoms. The number of allylic oxidation sites excluding steroid dienone is 6. The smallest absolute Gasteiger partial charge is 0.465 e. The average Bonchev–Trinajstić information content (AvgIpc) is 3.34. The zero-order valence-corrected chi connectivity index (χ0v) is 45.8. The summed E-state index contributed by atoms with van der Waals surface area (Å²) >= 11 is 0. The van der Waals surface area contributed by atoms with Gasteiger partial charge in [0.05, 0.1) is 12.0 Å². The van der Waals surface area contributed by atoms with Gasteiger partial charge in [0.15, 0.2) is 0 Å². The van der Waals surface area contributed by atoms with E-state index in [4.69, 9.17) is 29.3 Å². The maximum atomic E-state index is 12.8. The van der Waals surface area contributed by atoms with Crippen LogP contribution in [-0.2, 0) is 28.6 Å². The van der Waals surface area contributed by atoms with Crippen molar-refractivity contribution in [2.45, 2.75) is 290 Å². The summed E-state index contributed by atoms with van der Waals surface area (Å²) in [4.78, 5) is 38.4. The number of unbranched alkanes of at least 4 members (excludes halogenated alkanes) is 33. The van der Waals surface area contributed by atoms with E-state index in [0.717, 1.165) is 96.3 Å². The fourth-order valence-corrected chi connectivity index (χ4v) is 8.20. The van der Waals surface area contributed by atoms with E-state index < -0.39 is 19.3 Å². The summed E-state index contributed by atoms with van der Waals surface area (Å²) < 4.78 is 17.0. The van der Waals surface area contributed by atoms with E-state index >= 15 is 0 Å². The summed E-state index contributed by atoms with van der Waals surface area (Å²) in [5.74, 6) is -1.03. The fourth-order valence-electron chi connectivity index (χ4n) is 8.20. The molecule has 410 valence electrons. The van der Waals surface area contributed by atoms with Crippen LogP contribution < -0.4 is 0 Å². The quantitative estimate of drug-likeness (QED) is 0.0152. The molecule has 0 unspecified atom stereocenters. The second-order valence-corrected chi connectivity index (χ2v) is 20.0. The number of esters is 3. The van der Waals surface area contributed by atoms with Crippen molar-refractivity contribution in [3.05, 3.63) is 36.5 Å². The van der Waals surface area contributed by atoms with Crippen LogP contribution in [0.15, 0.2) is 36.5 Å². The van der Waals surface area contributed by atoms with E-state index in [1.807, 2.05) is 0 Å². The molecule has 0 aromatic carbocycles. The third-order valence-corrected chi connectivity index (χ3v) is 12.9. The molecule has 0 aliphatic carbocycles. The number of aliphatic hydroxyl groups excluding tert-OH is 1. The third kappa shape index (κ3) is 56.4. The van der Waals surface area contributed by atoms with Crippen molar-refractivity contribution >= 4 is 25.2 Å². The number of hydrogen-bond donors (Lipinski definition) is 4. The summed E-state index contributed by atoms with van der Waals surface area (Å²) in [6.45, 7) is 5.82. The van der Waals surface area contributed by atoms with E-state index in [1.54, 1.807) is 0 Å². The monoisotopic (exact) mass is 991 g/mol. The van der Waals surface area contributed by atoms with Gasteiger partial charge in [0.25, 0.3) is 0 Å². The zero-order chi connectivity index (χ0) is 51.7. The lowest BCUT2D eigenvalue weighted by Crippen LogP contribution is -2.42. The number of ether oxygens (including phenoxy) is 3. The lowest BCUT2D eigenvalue weighted by molar-refractivity contribution is -0.165. The molecule has 0 amide bonds. The van der Waals surface area contributed by atoms with Gasteiger partial charge >= 0.3 is 25.2 Å². The Labute approximate surface area is 431 Å². The Morgan fingerprint density at radius 2 is 0.529 bits per heavy atom. The van der Waals surface area contributed by atoms with Crippen LogP contribution in [0.1, 0.15) is 290 Å². The Hall–Kier alpha value is -2.47. The van der Waals surface area contributed by atoms with Crippen molar-refractivity contribution in [3.63, 3.8) is 0 Å². The van der Waals surface area contributed by atoms with Crippen molar-refractivity contribution in [1.82, 2.24) is 0 Å². The topological polar surface area (TPSA) is 160 Å². The van der Waals surface area contributed by atoms with Crippen LogP contribution in [0.4, 0.5) is 0 Å². The van der Waals surface area contributed by atoms with Gasteiger partial charge in [-0.3, -0.25) is 14.4 Å². The normalized spacial score (nSPS) is 11.7. The summed E-state index contributed by atoms with van der Waals surface area (Å²) in [7, 11) is -2.17. The minimum Gasteiger partial charge on any atom is -0.465 e. The third-order valence-electron chi connectivity index (χ3n) is 12.9. The Balaban J connectivity index is 0. The number of carbonyl (C=O) groups is 3. The highest BCUT2D eigenvalue weighted by molar-refractivity contribution is 6.30. The largest absolute Gasteiger partial charge is 0.631 e. The first-order chi connectivity index (χ1) is 34.2. The summed E-state index contributed by atoms with van der Waals surface area (Å²) in [6, 6.07) is 0. The molecule has 0 aromatic heterocycles. The van der Waals surface area contributed by atoms with Crippen LogP contribution in [0.5, 0.6) is 0 Å². The Bertz CT molecular complexity index is 1070. The molecule has 0 bridgehead atoms. The number of rotatable bonds is 52. The maximum Gasteiger partial charge on any atom is 0.631 e. The van der Waals surface area contributed by atoms with Gasteiger partial charge in [-0.25, -0.2) is 0 Å². The molecule has 0 heterocycles. The summed E-state index contributed by atoms with van der Waals surface area (Å²) in [5.41, 5.74) is -1.20. The molecule has 0 aliphatic rings. The Morgan fingerprint density at radius 3 is 0.729 bits per heavy atom. The predicted octanol–water partition coefficient (Wildman–Crippen LogP) is 15.7. The summed E-state index contributed by atoms with van der Waals surface area (Å²) in [6.07, 6.45) is 61.1. The van der Waals surface area contributed by atoms with Gasteiger partial charge in [0.2, 0.25) is 0 Å². The van der Waals surface area contributed by atoms with Gasteiger partial charge in [-0.1, -0.05) is 211 Å². The van der Waals surface area contributed by atoms with Gasteiger partial charge in [-0.05, 0) is 96.3 Å². The number of aliphatic hydroxyl groups is 1. The van der Waals surface area contributed by atoms with E-state index in [0.29, 0.717) is 19.3 Å². The Morgan fingerprint density at radius 1 is 0.343 bits per heavy atom. The van der Waals surface area contributed by atoms with Crippen LogP contribution in [-0.4, -0.2) is 71.8 Å². The predicted molar refractivity (Wildman–Crippen MR) is 293 cm³/mol. The maximum absolute atomic E-state index is 12.8. The molecule has 0 radical (unpaired) electrons. The molecule has 0 fully saturated rings. The highest BCUT2D eigenvalue weighted by Gasteiger charge is 2.35. The van der Waals surface area contributed by atoms with E-state index in [-0.39, 0.29) is 37.7 Å². The van der Waals surface area contributed by atoms with Crippen molar-refractivity contribution in [3.8, 4) is 0 Å². The zero-order valence-electron chi connectivity index (χ0n) is 45.8. The van der Waals surface area contributed by atoms with Gasteiger partial charge in [-0.15, -0.1) is 0 Å². The van der Waals surface area contributed by atoms with Crippen LogP contribution >= 0.6 is 0 Å². The minimum absolute atomic E-state index is 0.172. The molecule has 4 N–H and O–H groups in total. The molecule has 0 spiro atoms. The molecule has 0 saturated heterocycles. The van der Waals surface area contributed by atoms with Gasteiger partial charge in [0, 0.05) is 19.3 Å². The molecular formula is C59H111BO10. The van der Waals surface area contributed by atoms with Crippen LogP contribution in [0.3, 0.4) is 0 Å². The van der Waals surface area contributed by atoms with Gasteiger partial charge < -0.3 is 34.4 Å². The van der Waals surface area contributed by atoms with E-state index in [2.05, 4.69) is 57.2 Å². The van der Waals surface area contributed by atoms with Gasteiger partial charge in [-0.2, -0.15) is 0 Å². The van der Waals surface area contributed by atoms with Crippen molar-refractivity contribution in [2.75, 3.05) is 26.4 Å². The average molecular weight is 991 g/mol. The van der Waals surface area contributed by atoms with Crippen molar-refractivity contribution in [1.29, 1.82) is 0 Å². The lowest BCUT2D eigenvalue weighted by atomic mass is 9.92. The highest BCUT2D eigenvalue weighted by atomic mass is 16.6. The lowest BCUT2D eigenvalue weighted by Gasteiger charge is -2.30. The molecular weight excluding hydrogens is 879 g/mol. The summed E-state index contributed by atoms with van der Waals surface area (Å²) in [5, 5.41) is 32.1. The highest BCUT2D eigenvalue weighted by Crippen LogP contribution is 2.22.